The second-order valence-corrected chi connectivity index (χ2v) is 13.9. The Morgan fingerprint density at radius 1 is 0.979 bits per heavy atom. The fourth-order valence-corrected chi connectivity index (χ4v) is 7.76. The molecule has 1 aliphatic heterocycles. The Hall–Kier alpha value is -4.34. The number of fused-ring (bicyclic) bond motifs is 2. The molecule has 4 aromatic carbocycles. The number of thiazole rings is 1. The van der Waals surface area contributed by atoms with Crippen molar-refractivity contribution in [1.82, 2.24) is 9.13 Å². The summed E-state index contributed by atoms with van der Waals surface area (Å²) in [6.45, 7) is 2.54. The van der Waals surface area contributed by atoms with Gasteiger partial charge in [-0.2, -0.15) is 0 Å². The summed E-state index contributed by atoms with van der Waals surface area (Å²) in [5, 5.41) is 2.01. The van der Waals surface area contributed by atoms with Crippen LogP contribution in [-0.2, 0) is 16.1 Å². The van der Waals surface area contributed by atoms with Crippen LogP contribution in [0.25, 0.3) is 22.7 Å². The molecule has 0 amide bonds. The highest BCUT2D eigenvalue weighted by atomic mass is 35.5. The van der Waals surface area contributed by atoms with Crippen molar-refractivity contribution < 1.29 is 9.53 Å². The summed E-state index contributed by atoms with van der Waals surface area (Å²) in [6, 6.07) is 30.5. The monoisotopic (exact) mass is 709 g/mol. The number of aromatic nitrogens is 2. The maximum absolute atomic E-state index is 14.5. The van der Waals surface area contributed by atoms with Crippen LogP contribution >= 0.6 is 46.3 Å². The molecule has 7 rings (SSSR count). The number of rotatable bonds is 8. The molecule has 10 heteroatoms. The molecule has 6 nitrogen and oxygen atoms in total. The SMILES string of the molecule is CCOC(=O)C1=C(c2ccccc2)N=c2s/c(=C\c3cn(Cc4ccc(Cl)c(Cl)c4)c4ccccc34)c(=O)n2[C@H]1c1ccc(SC)cc1. The van der Waals surface area contributed by atoms with Gasteiger partial charge in [0.1, 0.15) is 0 Å². The largest absolute Gasteiger partial charge is 0.463 e. The van der Waals surface area contributed by atoms with Crippen LogP contribution in [0.15, 0.2) is 124 Å². The Bertz CT molecular complexity index is 2390. The minimum Gasteiger partial charge on any atom is -0.463 e. The number of carbonyl (C=O) groups is 1. The van der Waals surface area contributed by atoms with Crippen LogP contribution in [-0.4, -0.2) is 28.0 Å². The Labute approximate surface area is 295 Å². The summed E-state index contributed by atoms with van der Waals surface area (Å²) < 4.78 is 9.89. The molecule has 240 valence electrons. The lowest BCUT2D eigenvalue weighted by atomic mass is 9.93. The average Bonchev–Trinajstić information content (AvgIpc) is 3.62. The molecule has 6 aromatic rings. The summed E-state index contributed by atoms with van der Waals surface area (Å²) in [5.74, 6) is -0.501. The number of ether oxygens (including phenoxy) is 1. The Balaban J connectivity index is 1.43. The first-order valence-electron chi connectivity index (χ1n) is 15.3. The second kappa shape index (κ2) is 13.6. The van der Waals surface area contributed by atoms with Crippen LogP contribution in [0.2, 0.25) is 10.0 Å². The van der Waals surface area contributed by atoms with Crippen LogP contribution in [0.3, 0.4) is 0 Å². The van der Waals surface area contributed by atoms with E-state index < -0.39 is 12.0 Å². The molecule has 1 aliphatic rings. The van der Waals surface area contributed by atoms with Crippen LogP contribution in [0.1, 0.15) is 35.2 Å². The van der Waals surface area contributed by atoms with Crippen molar-refractivity contribution in [1.29, 1.82) is 0 Å². The molecule has 0 fully saturated rings. The van der Waals surface area contributed by atoms with E-state index in [1.807, 2.05) is 103 Å². The number of hydrogen-bond donors (Lipinski definition) is 0. The molecule has 0 spiro atoms. The third-order valence-electron chi connectivity index (χ3n) is 8.25. The van der Waals surface area contributed by atoms with E-state index in [0.717, 1.165) is 38.1 Å². The molecule has 0 saturated carbocycles. The molecular formula is C38H29Cl2N3O3S2. The van der Waals surface area contributed by atoms with Gasteiger partial charge in [0.25, 0.3) is 5.56 Å². The molecule has 0 bridgehead atoms. The van der Waals surface area contributed by atoms with Gasteiger partial charge in [0.15, 0.2) is 4.80 Å². The molecule has 3 heterocycles. The maximum atomic E-state index is 14.5. The fourth-order valence-electron chi connectivity index (χ4n) is 6.04. The molecule has 0 unspecified atom stereocenters. The summed E-state index contributed by atoms with van der Waals surface area (Å²) in [7, 11) is 0. The number of nitrogens with zero attached hydrogens (tertiary/aromatic N) is 3. The third-order valence-corrected chi connectivity index (χ3v) is 10.7. The summed E-state index contributed by atoms with van der Waals surface area (Å²) in [4.78, 5) is 34.8. The van der Waals surface area contributed by atoms with E-state index in [1.54, 1.807) is 29.3 Å². The van der Waals surface area contributed by atoms with Gasteiger partial charge < -0.3 is 9.30 Å². The van der Waals surface area contributed by atoms with Crippen molar-refractivity contribution in [3.63, 3.8) is 0 Å². The molecule has 0 N–H and O–H groups in total. The lowest BCUT2D eigenvalue weighted by Crippen LogP contribution is -2.40. The quantitative estimate of drug-likeness (QED) is 0.119. The number of benzene rings is 4. The highest BCUT2D eigenvalue weighted by Gasteiger charge is 2.35. The van der Waals surface area contributed by atoms with Crippen LogP contribution in [0.4, 0.5) is 0 Å². The first kappa shape index (κ1) is 32.2. The van der Waals surface area contributed by atoms with E-state index in [9.17, 15) is 9.59 Å². The van der Waals surface area contributed by atoms with Crippen molar-refractivity contribution >= 4 is 74.9 Å². The summed E-state index contributed by atoms with van der Waals surface area (Å²) in [5.41, 5.74) is 5.09. The minimum atomic E-state index is -0.732. The molecule has 0 aliphatic carbocycles. The second-order valence-electron chi connectivity index (χ2n) is 11.2. The van der Waals surface area contributed by atoms with Gasteiger partial charge in [-0.15, -0.1) is 11.8 Å². The van der Waals surface area contributed by atoms with Gasteiger partial charge >= 0.3 is 5.97 Å². The summed E-state index contributed by atoms with van der Waals surface area (Å²) in [6.07, 6.45) is 5.97. The lowest BCUT2D eigenvalue weighted by molar-refractivity contribution is -0.138. The number of thioether (sulfide) groups is 1. The number of para-hydroxylation sites is 1. The first-order valence-corrected chi connectivity index (χ1v) is 18.1. The Kier molecular flexibility index (Phi) is 9.16. The maximum Gasteiger partial charge on any atom is 0.338 e. The highest BCUT2D eigenvalue weighted by Crippen LogP contribution is 2.36. The van der Waals surface area contributed by atoms with E-state index in [-0.39, 0.29) is 12.2 Å². The minimum absolute atomic E-state index is 0.194. The van der Waals surface area contributed by atoms with Crippen molar-refractivity contribution in [2.45, 2.75) is 24.4 Å². The summed E-state index contributed by atoms with van der Waals surface area (Å²) >= 11 is 15.4. The number of hydrogen-bond acceptors (Lipinski definition) is 6. The van der Waals surface area contributed by atoms with E-state index in [1.165, 1.54) is 11.3 Å². The van der Waals surface area contributed by atoms with Gasteiger partial charge in [-0.3, -0.25) is 9.36 Å². The highest BCUT2D eigenvalue weighted by molar-refractivity contribution is 7.98. The van der Waals surface area contributed by atoms with Gasteiger partial charge in [-0.25, -0.2) is 9.79 Å². The van der Waals surface area contributed by atoms with Gasteiger partial charge in [0.2, 0.25) is 0 Å². The molecular weight excluding hydrogens is 681 g/mol. The topological polar surface area (TPSA) is 65.6 Å². The number of esters is 1. The van der Waals surface area contributed by atoms with E-state index in [4.69, 9.17) is 32.9 Å². The predicted octanol–water partition coefficient (Wildman–Crippen LogP) is 7.97. The first-order chi connectivity index (χ1) is 23.4. The van der Waals surface area contributed by atoms with Crippen molar-refractivity contribution in [2.24, 2.45) is 4.99 Å². The van der Waals surface area contributed by atoms with Crippen molar-refractivity contribution in [3.05, 3.63) is 161 Å². The fraction of sp³-hybridized carbons (Fsp3) is 0.132. The smallest absolute Gasteiger partial charge is 0.338 e. The number of halogens is 2. The Morgan fingerprint density at radius 3 is 2.46 bits per heavy atom. The molecule has 48 heavy (non-hydrogen) atoms. The van der Waals surface area contributed by atoms with E-state index in [2.05, 4.69) is 10.6 Å². The zero-order chi connectivity index (χ0) is 33.4. The van der Waals surface area contributed by atoms with Gasteiger partial charge in [-0.1, -0.05) is 101 Å². The average molecular weight is 711 g/mol. The molecule has 0 saturated heterocycles. The normalized spacial score (nSPS) is 14.7. The zero-order valence-corrected chi connectivity index (χ0v) is 29.2. The standard InChI is InChI=1S/C38H29Cl2N3O3S2/c1-3-46-37(45)33-34(24-9-5-4-6-10-24)41-38-43(35(33)25-14-16-27(47-2)17-15-25)36(44)32(48-38)20-26-22-42(31-12-8-7-11-28(26)31)21-23-13-18-29(39)30(40)19-23/h4-20,22,35H,3,21H2,1-2H3/b32-20-/t35-/m0/s1. The Morgan fingerprint density at radius 2 is 1.73 bits per heavy atom. The van der Waals surface area contributed by atoms with Gasteiger partial charge in [-0.05, 0) is 60.7 Å². The van der Waals surface area contributed by atoms with Crippen molar-refractivity contribution in [2.75, 3.05) is 12.9 Å². The molecule has 0 radical (unpaired) electrons. The molecule has 1 atom stereocenters. The van der Waals surface area contributed by atoms with E-state index >= 15 is 0 Å². The van der Waals surface area contributed by atoms with Gasteiger partial charge in [0, 0.05) is 39.7 Å². The van der Waals surface area contributed by atoms with Gasteiger partial charge in [0.05, 0.1) is 38.5 Å². The predicted molar refractivity (Wildman–Crippen MR) is 197 cm³/mol. The zero-order valence-electron chi connectivity index (χ0n) is 26.0. The van der Waals surface area contributed by atoms with E-state index in [0.29, 0.717) is 37.2 Å². The lowest BCUT2D eigenvalue weighted by Gasteiger charge is -2.26. The van der Waals surface area contributed by atoms with Crippen LogP contribution in [0.5, 0.6) is 0 Å². The van der Waals surface area contributed by atoms with Crippen molar-refractivity contribution in [3.8, 4) is 0 Å². The van der Waals surface area contributed by atoms with Crippen LogP contribution < -0.4 is 14.9 Å². The third kappa shape index (κ3) is 6.05. The van der Waals surface area contributed by atoms with Crippen LogP contribution in [0, 0.1) is 0 Å². The number of carbonyl (C=O) groups excluding carboxylic acids is 1. The molecule has 2 aromatic heterocycles.